The van der Waals surface area contributed by atoms with Crippen LogP contribution >= 0.6 is 11.3 Å². The normalized spacial score (nSPS) is 11.8. The smallest absolute Gasteiger partial charge is 0.179 e. The first-order valence-corrected chi connectivity index (χ1v) is 24.7. The summed E-state index contributed by atoms with van der Waals surface area (Å²) < 4.78 is 4.98. The Morgan fingerprint density at radius 1 is 0.344 bits per heavy atom. The quantitative estimate of drug-likeness (QED) is 0.104. The molecule has 0 saturated carbocycles. The fourth-order valence-electron chi connectivity index (χ4n) is 10.1. The van der Waals surface area contributed by atoms with Crippen molar-refractivity contribution in [2.24, 2.45) is 0 Å². The average molecular weight is 851 g/mol. The third-order valence-electron chi connectivity index (χ3n) is 12.9. The molecule has 2 aromatic heterocycles. The lowest BCUT2D eigenvalue weighted by atomic mass is 9.99. The predicted octanol–water partition coefficient (Wildman–Crippen LogP) is 13.7. The van der Waals surface area contributed by atoms with Gasteiger partial charge in [-0.15, -0.1) is 11.3 Å². The fourth-order valence-corrected chi connectivity index (χ4v) is 16.0. The topological polar surface area (TPSA) is 8.17 Å². The fraction of sp³-hybridized carbons (Fsp3) is 0. The number of fused-ring (bicyclic) bond motifs is 6. The number of nitrogens with zero attached hydrogens (tertiary/aromatic N) is 2. The Hall–Kier alpha value is -7.76. The molecular weight excluding hydrogens is 809 g/mol. The molecule has 4 heteroatoms. The number of rotatable bonds is 9. The van der Waals surface area contributed by atoms with Gasteiger partial charge in [0.2, 0.25) is 0 Å². The second kappa shape index (κ2) is 15.9. The summed E-state index contributed by atoms with van der Waals surface area (Å²) >= 11 is 1.86. The second-order valence-corrected chi connectivity index (χ2v) is 21.3. The zero-order valence-corrected chi connectivity index (χ0v) is 36.9. The van der Waals surface area contributed by atoms with Crippen LogP contribution in [0.1, 0.15) is 0 Å². The average Bonchev–Trinajstić information content (AvgIpc) is 3.92. The van der Waals surface area contributed by atoms with Crippen molar-refractivity contribution in [3.05, 3.63) is 255 Å². The molecule has 0 saturated heterocycles. The molecule has 0 radical (unpaired) electrons. The van der Waals surface area contributed by atoms with Crippen molar-refractivity contribution in [1.82, 2.24) is 4.57 Å². The summed E-state index contributed by atoms with van der Waals surface area (Å²) in [7, 11) is -2.70. The van der Waals surface area contributed by atoms with Gasteiger partial charge in [-0.3, -0.25) is 0 Å². The summed E-state index contributed by atoms with van der Waals surface area (Å²) in [6, 6.07) is 94.1. The molecule has 2 nitrogen and oxygen atoms in total. The van der Waals surface area contributed by atoms with Gasteiger partial charge in [-0.25, -0.2) is 0 Å². The van der Waals surface area contributed by atoms with E-state index in [1.807, 2.05) is 11.3 Å². The molecule has 0 aliphatic rings. The first kappa shape index (κ1) is 38.0. The third kappa shape index (κ3) is 6.22. The van der Waals surface area contributed by atoms with E-state index in [0.717, 1.165) is 22.7 Å². The minimum atomic E-state index is -2.70. The van der Waals surface area contributed by atoms with Gasteiger partial charge in [-0.05, 0) is 98.6 Å². The number of aromatic nitrogens is 1. The van der Waals surface area contributed by atoms with Crippen molar-refractivity contribution >= 4 is 99.2 Å². The second-order valence-electron chi connectivity index (χ2n) is 16.4. The third-order valence-corrected chi connectivity index (χ3v) is 18.9. The zero-order chi connectivity index (χ0) is 42.5. The molecule has 64 heavy (non-hydrogen) atoms. The number of thiophene rings is 1. The molecule has 0 aliphatic carbocycles. The molecule has 0 spiro atoms. The van der Waals surface area contributed by atoms with Crippen molar-refractivity contribution in [3.63, 3.8) is 0 Å². The van der Waals surface area contributed by atoms with Crippen LogP contribution in [0.15, 0.2) is 255 Å². The minimum absolute atomic E-state index is 1.11. The molecule has 0 N–H and O–H groups in total. The Morgan fingerprint density at radius 3 is 1.47 bits per heavy atom. The molecular formula is C60H42N2SSi. The highest BCUT2D eigenvalue weighted by Gasteiger charge is 2.41. The molecule has 302 valence electrons. The van der Waals surface area contributed by atoms with Crippen LogP contribution in [0.4, 0.5) is 17.1 Å². The first-order chi connectivity index (χ1) is 31.8. The van der Waals surface area contributed by atoms with Gasteiger partial charge in [-0.2, -0.15) is 0 Å². The van der Waals surface area contributed by atoms with Gasteiger partial charge < -0.3 is 9.47 Å². The molecule has 0 bridgehead atoms. The van der Waals surface area contributed by atoms with Gasteiger partial charge in [0, 0.05) is 53.7 Å². The van der Waals surface area contributed by atoms with Crippen LogP contribution < -0.4 is 25.6 Å². The summed E-state index contributed by atoms with van der Waals surface area (Å²) in [4.78, 5) is 2.43. The van der Waals surface area contributed by atoms with Crippen LogP contribution in [0, 0.1) is 0 Å². The number of hydrogen-bond donors (Lipinski definition) is 0. The Balaban J connectivity index is 1.02. The Labute approximate surface area is 378 Å². The first-order valence-electron chi connectivity index (χ1n) is 21.9. The van der Waals surface area contributed by atoms with E-state index in [2.05, 4.69) is 264 Å². The van der Waals surface area contributed by atoms with E-state index in [0.29, 0.717) is 0 Å². The van der Waals surface area contributed by atoms with Crippen molar-refractivity contribution in [2.75, 3.05) is 4.90 Å². The highest BCUT2D eigenvalue weighted by atomic mass is 32.1. The molecule has 10 aromatic carbocycles. The van der Waals surface area contributed by atoms with Gasteiger partial charge in [-0.1, -0.05) is 188 Å². The SMILES string of the molecule is c1ccc(-n2c3ccccc3c3c(-c4ccc(N(c5ccc([Si](c6ccccc6)(c6ccccc6)c6ccccc6)cc5)c5ccc6c(c5)sc5ccccc56)cc4)cccc32)cc1. The van der Waals surface area contributed by atoms with Crippen molar-refractivity contribution in [2.45, 2.75) is 0 Å². The summed E-state index contributed by atoms with van der Waals surface area (Å²) in [5.74, 6) is 0. The molecule has 12 rings (SSSR count). The summed E-state index contributed by atoms with van der Waals surface area (Å²) in [5, 5.41) is 10.6. The van der Waals surface area contributed by atoms with Crippen molar-refractivity contribution in [1.29, 1.82) is 0 Å². The molecule has 0 atom stereocenters. The number of anilines is 3. The maximum atomic E-state index is 2.43. The van der Waals surface area contributed by atoms with E-state index in [9.17, 15) is 0 Å². The zero-order valence-electron chi connectivity index (χ0n) is 35.1. The van der Waals surface area contributed by atoms with Crippen LogP contribution in [0.25, 0.3) is 58.8 Å². The van der Waals surface area contributed by atoms with Gasteiger partial charge >= 0.3 is 0 Å². The van der Waals surface area contributed by atoms with Gasteiger partial charge in [0.05, 0.1) is 11.0 Å². The minimum Gasteiger partial charge on any atom is -0.310 e. The summed E-state index contributed by atoms with van der Waals surface area (Å²) in [6.45, 7) is 0. The Bertz CT molecular complexity index is 3490. The van der Waals surface area contributed by atoms with Crippen LogP contribution in [0.3, 0.4) is 0 Å². The van der Waals surface area contributed by atoms with E-state index >= 15 is 0 Å². The number of benzene rings is 10. The van der Waals surface area contributed by atoms with Crippen LogP contribution in [-0.2, 0) is 0 Å². The van der Waals surface area contributed by atoms with Crippen LogP contribution in [-0.4, -0.2) is 12.6 Å². The van der Waals surface area contributed by atoms with E-state index in [1.165, 1.54) is 73.9 Å². The molecule has 0 aliphatic heterocycles. The highest BCUT2D eigenvalue weighted by molar-refractivity contribution is 7.25. The molecule has 2 heterocycles. The molecule has 12 aromatic rings. The largest absolute Gasteiger partial charge is 0.310 e. The maximum Gasteiger partial charge on any atom is 0.179 e. The van der Waals surface area contributed by atoms with Crippen LogP contribution in [0.5, 0.6) is 0 Å². The van der Waals surface area contributed by atoms with E-state index in [1.54, 1.807) is 0 Å². The van der Waals surface area contributed by atoms with Gasteiger partial charge in [0.25, 0.3) is 0 Å². The number of hydrogen-bond acceptors (Lipinski definition) is 2. The molecule has 0 unspecified atom stereocenters. The number of para-hydroxylation sites is 2. The maximum absolute atomic E-state index is 2.70. The van der Waals surface area contributed by atoms with Gasteiger partial charge in [0.1, 0.15) is 0 Å². The molecule has 0 amide bonds. The molecule has 0 fully saturated rings. The van der Waals surface area contributed by atoms with E-state index < -0.39 is 8.07 Å². The highest BCUT2D eigenvalue weighted by Crippen LogP contribution is 2.42. The Kier molecular flexibility index (Phi) is 9.40. The van der Waals surface area contributed by atoms with Gasteiger partial charge in [0.15, 0.2) is 8.07 Å². The van der Waals surface area contributed by atoms with E-state index in [4.69, 9.17) is 0 Å². The lowest BCUT2D eigenvalue weighted by molar-refractivity contribution is 1.18. The Morgan fingerprint density at radius 2 is 0.828 bits per heavy atom. The predicted molar refractivity (Wildman–Crippen MR) is 277 cm³/mol. The lowest BCUT2D eigenvalue weighted by Crippen LogP contribution is -2.74. The standard InChI is InChI=1S/C60H42N2SSi/c1-5-18-44(19-6-1)62-56-29-15-13-27-55(56)60-52(28-17-30-57(60)62)43-32-34-45(35-33-43)61(47-38-41-54-53-26-14-16-31-58(53)63-59(54)42-47)46-36-39-51(40-37-46)64(48-20-7-2-8-21-48,49-22-9-3-10-23-49)50-24-11-4-12-25-50/h1-42H. The summed E-state index contributed by atoms with van der Waals surface area (Å²) in [5.41, 5.74) is 9.33. The summed E-state index contributed by atoms with van der Waals surface area (Å²) in [6.07, 6.45) is 0. The van der Waals surface area contributed by atoms with E-state index in [-0.39, 0.29) is 0 Å². The lowest BCUT2D eigenvalue weighted by Gasteiger charge is -2.35. The van der Waals surface area contributed by atoms with Crippen molar-refractivity contribution < 1.29 is 0 Å². The van der Waals surface area contributed by atoms with Crippen molar-refractivity contribution in [3.8, 4) is 16.8 Å². The monoisotopic (exact) mass is 850 g/mol. The van der Waals surface area contributed by atoms with Crippen LogP contribution in [0.2, 0.25) is 0 Å².